The minimum absolute atomic E-state index is 0.613. The standard InChI is InChI=1S/C17H10ClN5S2/c18-15-13(21-22-25-15)9-24-17-20-11-6-2-1-5-10(11)16-19-12-7-3-4-8-14(12)23(16)17/h1-8H,9H2. The number of para-hydroxylation sites is 3. The van der Waals surface area contributed by atoms with E-state index < -0.39 is 0 Å². The van der Waals surface area contributed by atoms with Crippen molar-refractivity contribution in [1.82, 2.24) is 24.0 Å². The maximum atomic E-state index is 6.13. The summed E-state index contributed by atoms with van der Waals surface area (Å²) in [4.78, 5) is 9.68. The van der Waals surface area contributed by atoms with E-state index in [4.69, 9.17) is 21.6 Å². The number of rotatable bonds is 3. The van der Waals surface area contributed by atoms with Crippen molar-refractivity contribution < 1.29 is 0 Å². The van der Waals surface area contributed by atoms with Gasteiger partial charge in [0.25, 0.3) is 0 Å². The van der Waals surface area contributed by atoms with Crippen molar-refractivity contribution in [2.45, 2.75) is 10.9 Å². The molecule has 0 atom stereocenters. The van der Waals surface area contributed by atoms with Crippen LogP contribution in [0.25, 0.3) is 27.6 Å². The average molecular weight is 384 g/mol. The molecule has 0 aliphatic heterocycles. The van der Waals surface area contributed by atoms with Gasteiger partial charge < -0.3 is 0 Å². The van der Waals surface area contributed by atoms with E-state index in [-0.39, 0.29) is 0 Å². The predicted molar refractivity (Wildman–Crippen MR) is 102 cm³/mol. The smallest absolute Gasteiger partial charge is 0.175 e. The molecule has 0 saturated carbocycles. The quantitative estimate of drug-likeness (QED) is 0.330. The maximum absolute atomic E-state index is 6.13. The molecule has 0 radical (unpaired) electrons. The van der Waals surface area contributed by atoms with Crippen LogP contribution < -0.4 is 0 Å². The van der Waals surface area contributed by atoms with Crippen LogP contribution in [0.15, 0.2) is 53.7 Å². The lowest BCUT2D eigenvalue weighted by Crippen LogP contribution is -1.97. The van der Waals surface area contributed by atoms with E-state index in [1.807, 2.05) is 36.4 Å². The van der Waals surface area contributed by atoms with Crippen LogP contribution in [0, 0.1) is 0 Å². The summed E-state index contributed by atoms with van der Waals surface area (Å²) in [6.07, 6.45) is 0. The average Bonchev–Trinajstić information content (AvgIpc) is 3.23. The van der Waals surface area contributed by atoms with Gasteiger partial charge in [0.2, 0.25) is 0 Å². The Bertz CT molecular complexity index is 1230. The molecule has 0 N–H and O–H groups in total. The molecule has 3 heterocycles. The molecule has 0 unspecified atom stereocenters. The van der Waals surface area contributed by atoms with Crippen molar-refractivity contribution in [3.8, 4) is 0 Å². The SMILES string of the molecule is Clc1snnc1CSc1nc2ccccc2c2nc3ccccc3n12. The fraction of sp³-hybridized carbons (Fsp3) is 0.0588. The summed E-state index contributed by atoms with van der Waals surface area (Å²) in [5, 5.41) is 5.99. The molecule has 2 aromatic carbocycles. The van der Waals surface area contributed by atoms with Gasteiger partial charge in [-0.05, 0) is 24.3 Å². The summed E-state index contributed by atoms with van der Waals surface area (Å²) in [6.45, 7) is 0. The molecule has 0 fully saturated rings. The first kappa shape index (κ1) is 15.1. The van der Waals surface area contributed by atoms with Crippen molar-refractivity contribution in [3.63, 3.8) is 0 Å². The van der Waals surface area contributed by atoms with Crippen LogP contribution in [0.3, 0.4) is 0 Å². The monoisotopic (exact) mass is 383 g/mol. The van der Waals surface area contributed by atoms with E-state index >= 15 is 0 Å². The number of thioether (sulfide) groups is 1. The van der Waals surface area contributed by atoms with Crippen molar-refractivity contribution in [2.75, 3.05) is 0 Å². The minimum atomic E-state index is 0.613. The van der Waals surface area contributed by atoms with Gasteiger partial charge in [-0.1, -0.05) is 52.1 Å². The van der Waals surface area contributed by atoms with Crippen LogP contribution in [-0.4, -0.2) is 24.0 Å². The number of fused-ring (bicyclic) bond motifs is 5. The Kier molecular flexibility index (Phi) is 3.58. The Balaban J connectivity index is 1.76. The molecular formula is C17H10ClN5S2. The molecule has 0 aliphatic rings. The Morgan fingerprint density at radius 1 is 1.00 bits per heavy atom. The van der Waals surface area contributed by atoms with Gasteiger partial charge in [-0.2, -0.15) is 0 Å². The second-order valence-electron chi connectivity index (χ2n) is 5.45. The second kappa shape index (κ2) is 5.94. The third kappa shape index (κ3) is 2.47. The topological polar surface area (TPSA) is 56.0 Å². The first-order chi connectivity index (χ1) is 12.3. The van der Waals surface area contributed by atoms with Gasteiger partial charge in [-0.25, -0.2) is 9.97 Å². The molecule has 5 rings (SSSR count). The third-order valence-electron chi connectivity index (χ3n) is 3.96. The fourth-order valence-corrected chi connectivity index (χ4v) is 4.57. The van der Waals surface area contributed by atoms with Crippen LogP contribution in [-0.2, 0) is 5.75 Å². The lowest BCUT2D eigenvalue weighted by atomic mass is 10.2. The summed E-state index contributed by atoms with van der Waals surface area (Å²) in [7, 11) is 0. The van der Waals surface area contributed by atoms with Crippen molar-refractivity contribution in [1.29, 1.82) is 0 Å². The van der Waals surface area contributed by atoms with Gasteiger partial charge >= 0.3 is 0 Å². The molecule has 0 spiro atoms. The second-order valence-corrected chi connectivity index (χ2v) is 7.75. The van der Waals surface area contributed by atoms with Crippen molar-refractivity contribution in [3.05, 3.63) is 58.6 Å². The van der Waals surface area contributed by atoms with E-state index in [1.54, 1.807) is 11.8 Å². The molecule has 0 aliphatic carbocycles. The molecule has 122 valence electrons. The van der Waals surface area contributed by atoms with E-state index in [2.05, 4.69) is 26.1 Å². The van der Waals surface area contributed by atoms with E-state index in [0.29, 0.717) is 10.1 Å². The van der Waals surface area contributed by atoms with Gasteiger partial charge in [0.15, 0.2) is 5.16 Å². The molecule has 0 saturated heterocycles. The first-order valence-corrected chi connectivity index (χ1v) is 9.70. The number of halogens is 1. The number of hydrogen-bond donors (Lipinski definition) is 0. The van der Waals surface area contributed by atoms with Crippen LogP contribution in [0.5, 0.6) is 0 Å². The Morgan fingerprint density at radius 2 is 1.80 bits per heavy atom. The highest BCUT2D eigenvalue weighted by molar-refractivity contribution is 7.98. The molecule has 5 nitrogen and oxygen atoms in total. The predicted octanol–water partition coefficient (Wildman–Crippen LogP) is 4.83. The zero-order chi connectivity index (χ0) is 16.8. The van der Waals surface area contributed by atoms with Gasteiger partial charge in [-0.15, -0.1) is 5.10 Å². The highest BCUT2D eigenvalue weighted by Gasteiger charge is 2.15. The molecule has 25 heavy (non-hydrogen) atoms. The minimum Gasteiger partial charge on any atom is -0.271 e. The van der Waals surface area contributed by atoms with Gasteiger partial charge in [0.05, 0.1) is 16.6 Å². The Labute approximate surface area is 155 Å². The third-order valence-corrected chi connectivity index (χ3v) is 5.89. The number of nitrogens with zero attached hydrogens (tertiary/aromatic N) is 5. The van der Waals surface area contributed by atoms with Crippen LogP contribution in [0.1, 0.15) is 5.69 Å². The summed E-state index contributed by atoms with van der Waals surface area (Å²) in [5.41, 5.74) is 4.62. The molecule has 5 aromatic rings. The van der Waals surface area contributed by atoms with Crippen LogP contribution >= 0.6 is 34.9 Å². The number of hydrogen-bond acceptors (Lipinski definition) is 6. The number of benzene rings is 2. The zero-order valence-corrected chi connectivity index (χ0v) is 15.1. The molecule has 8 heteroatoms. The normalized spacial score (nSPS) is 11.7. The van der Waals surface area contributed by atoms with Crippen molar-refractivity contribution in [2.24, 2.45) is 0 Å². The van der Waals surface area contributed by atoms with Crippen molar-refractivity contribution >= 4 is 62.5 Å². The fourth-order valence-electron chi connectivity index (χ4n) is 2.83. The summed E-state index contributed by atoms with van der Waals surface area (Å²) >= 11 is 8.92. The van der Waals surface area contributed by atoms with Gasteiger partial charge in [0, 0.05) is 22.7 Å². The summed E-state index contributed by atoms with van der Waals surface area (Å²) < 4.78 is 6.63. The van der Waals surface area contributed by atoms with Crippen LogP contribution in [0.2, 0.25) is 4.34 Å². The van der Waals surface area contributed by atoms with E-state index in [1.165, 1.54) is 11.5 Å². The van der Waals surface area contributed by atoms with Gasteiger partial charge in [-0.3, -0.25) is 4.40 Å². The molecular weight excluding hydrogens is 374 g/mol. The maximum Gasteiger partial charge on any atom is 0.175 e. The zero-order valence-electron chi connectivity index (χ0n) is 12.8. The molecule has 0 bridgehead atoms. The summed E-state index contributed by atoms with van der Waals surface area (Å²) in [5.74, 6) is 0.613. The number of aromatic nitrogens is 5. The lowest BCUT2D eigenvalue weighted by Gasteiger charge is -2.07. The largest absolute Gasteiger partial charge is 0.271 e. The molecule has 0 amide bonds. The van der Waals surface area contributed by atoms with E-state index in [9.17, 15) is 0 Å². The first-order valence-electron chi connectivity index (χ1n) is 7.57. The molecule has 3 aromatic heterocycles. The van der Waals surface area contributed by atoms with E-state index in [0.717, 1.165) is 38.4 Å². The Morgan fingerprint density at radius 3 is 2.64 bits per heavy atom. The van der Waals surface area contributed by atoms with Crippen LogP contribution in [0.4, 0.5) is 0 Å². The number of imidazole rings is 1. The summed E-state index contributed by atoms with van der Waals surface area (Å²) in [6, 6.07) is 16.2. The van der Waals surface area contributed by atoms with Gasteiger partial charge in [0.1, 0.15) is 15.7 Å². The highest BCUT2D eigenvalue weighted by atomic mass is 35.5. The highest BCUT2D eigenvalue weighted by Crippen LogP contribution is 2.31. The Hall–Kier alpha value is -2.22. The lowest BCUT2D eigenvalue weighted by molar-refractivity contribution is 0.949.